The van der Waals surface area contributed by atoms with E-state index in [1.54, 1.807) is 0 Å². The molecule has 0 spiro atoms. The van der Waals surface area contributed by atoms with E-state index in [9.17, 15) is 0 Å². The Morgan fingerprint density at radius 3 is 2.88 bits per heavy atom. The molecule has 0 aliphatic carbocycles. The maximum atomic E-state index is 8.86. The minimum atomic E-state index is 0.346. The van der Waals surface area contributed by atoms with E-state index in [2.05, 4.69) is 24.1 Å². The van der Waals surface area contributed by atoms with Crippen molar-refractivity contribution in [3.8, 4) is 0 Å². The Balaban J connectivity index is 2.09. The lowest BCUT2D eigenvalue weighted by Gasteiger charge is -2.24. The second-order valence-electron chi connectivity index (χ2n) is 5.16. The number of likely N-dealkylation sites (tertiary alicyclic amines) is 1. The predicted octanol–water partition coefficient (Wildman–Crippen LogP) is 1.61. The molecule has 0 aromatic heterocycles. The average molecular weight is 228 g/mol. The quantitative estimate of drug-likeness (QED) is 0.620. The third-order valence-corrected chi connectivity index (χ3v) is 3.37. The van der Waals surface area contributed by atoms with Gasteiger partial charge in [0.1, 0.15) is 0 Å². The Kier molecular flexibility index (Phi) is 7.01. The summed E-state index contributed by atoms with van der Waals surface area (Å²) in [5.41, 5.74) is 0. The smallest absolute Gasteiger partial charge is 0.0431 e. The highest BCUT2D eigenvalue weighted by Crippen LogP contribution is 2.21. The zero-order valence-electron chi connectivity index (χ0n) is 10.9. The van der Waals surface area contributed by atoms with Gasteiger partial charge in [0, 0.05) is 18.7 Å². The monoisotopic (exact) mass is 228 g/mol. The van der Waals surface area contributed by atoms with Crippen molar-refractivity contribution in [2.75, 3.05) is 26.2 Å². The Morgan fingerprint density at radius 2 is 2.19 bits per heavy atom. The SMILES string of the molecule is CC(C)NCCCN1CCCC1CCCO. The summed E-state index contributed by atoms with van der Waals surface area (Å²) in [6, 6.07) is 1.34. The van der Waals surface area contributed by atoms with E-state index in [-0.39, 0.29) is 0 Å². The lowest BCUT2D eigenvalue weighted by molar-refractivity contribution is 0.213. The van der Waals surface area contributed by atoms with Crippen LogP contribution in [0.4, 0.5) is 0 Å². The first-order valence-corrected chi connectivity index (χ1v) is 6.82. The van der Waals surface area contributed by atoms with Gasteiger partial charge in [0.05, 0.1) is 0 Å². The zero-order chi connectivity index (χ0) is 11.8. The molecule has 2 N–H and O–H groups in total. The van der Waals surface area contributed by atoms with Crippen LogP contribution in [0.3, 0.4) is 0 Å². The van der Waals surface area contributed by atoms with Crippen molar-refractivity contribution in [1.29, 1.82) is 0 Å². The normalized spacial score (nSPS) is 22.1. The van der Waals surface area contributed by atoms with Gasteiger partial charge in [-0.1, -0.05) is 13.8 Å². The summed E-state index contributed by atoms with van der Waals surface area (Å²) in [6.07, 6.45) is 6.05. The average Bonchev–Trinajstić information content (AvgIpc) is 2.69. The van der Waals surface area contributed by atoms with Crippen molar-refractivity contribution in [3.63, 3.8) is 0 Å². The van der Waals surface area contributed by atoms with Gasteiger partial charge in [0.15, 0.2) is 0 Å². The molecule has 1 aliphatic heterocycles. The minimum Gasteiger partial charge on any atom is -0.396 e. The molecule has 1 rings (SSSR count). The summed E-state index contributed by atoms with van der Waals surface area (Å²) < 4.78 is 0. The molecule has 1 atom stereocenters. The second kappa shape index (κ2) is 8.04. The molecule has 3 nitrogen and oxygen atoms in total. The number of nitrogens with zero attached hydrogens (tertiary/aromatic N) is 1. The molecular formula is C13H28N2O. The lowest BCUT2D eigenvalue weighted by Crippen LogP contribution is -2.33. The fourth-order valence-electron chi connectivity index (χ4n) is 2.52. The van der Waals surface area contributed by atoms with Crippen molar-refractivity contribution >= 4 is 0 Å². The van der Waals surface area contributed by atoms with Gasteiger partial charge in [-0.05, 0) is 51.7 Å². The Morgan fingerprint density at radius 1 is 1.38 bits per heavy atom. The van der Waals surface area contributed by atoms with Crippen LogP contribution in [0, 0.1) is 0 Å². The Labute approximate surface area is 100 Å². The molecule has 1 saturated heterocycles. The fraction of sp³-hybridized carbons (Fsp3) is 1.00. The summed E-state index contributed by atoms with van der Waals surface area (Å²) in [5.74, 6) is 0. The van der Waals surface area contributed by atoms with E-state index >= 15 is 0 Å². The molecule has 1 fully saturated rings. The topological polar surface area (TPSA) is 35.5 Å². The van der Waals surface area contributed by atoms with Crippen molar-refractivity contribution in [2.45, 2.75) is 58.0 Å². The molecule has 96 valence electrons. The number of hydrogen-bond acceptors (Lipinski definition) is 3. The van der Waals surface area contributed by atoms with E-state index in [1.807, 2.05) is 0 Å². The molecule has 16 heavy (non-hydrogen) atoms. The summed E-state index contributed by atoms with van der Waals surface area (Å²) in [7, 11) is 0. The first-order valence-electron chi connectivity index (χ1n) is 6.82. The van der Waals surface area contributed by atoms with Crippen LogP contribution in [-0.4, -0.2) is 48.3 Å². The molecule has 3 heteroatoms. The molecule has 1 heterocycles. The maximum absolute atomic E-state index is 8.86. The van der Waals surface area contributed by atoms with Crippen molar-refractivity contribution < 1.29 is 5.11 Å². The standard InChI is InChI=1S/C13H28N2O/c1-12(2)14-8-5-10-15-9-3-6-13(15)7-4-11-16/h12-14,16H,3-11H2,1-2H3. The number of aliphatic hydroxyl groups is 1. The molecule has 0 saturated carbocycles. The van der Waals surface area contributed by atoms with Crippen LogP contribution in [0.15, 0.2) is 0 Å². The van der Waals surface area contributed by atoms with Crippen LogP contribution in [0.1, 0.15) is 46.0 Å². The fourth-order valence-corrected chi connectivity index (χ4v) is 2.52. The van der Waals surface area contributed by atoms with E-state index in [4.69, 9.17) is 5.11 Å². The van der Waals surface area contributed by atoms with Gasteiger partial charge in [-0.25, -0.2) is 0 Å². The second-order valence-corrected chi connectivity index (χ2v) is 5.16. The molecule has 0 aromatic carbocycles. The van der Waals surface area contributed by atoms with Gasteiger partial charge < -0.3 is 15.3 Å². The van der Waals surface area contributed by atoms with Crippen molar-refractivity contribution in [3.05, 3.63) is 0 Å². The Hall–Kier alpha value is -0.120. The number of nitrogens with one attached hydrogen (secondary N) is 1. The number of aliphatic hydroxyl groups excluding tert-OH is 1. The summed E-state index contributed by atoms with van der Waals surface area (Å²) >= 11 is 0. The van der Waals surface area contributed by atoms with Gasteiger partial charge in [0.2, 0.25) is 0 Å². The first kappa shape index (κ1) is 13.9. The van der Waals surface area contributed by atoms with Crippen LogP contribution in [0.2, 0.25) is 0 Å². The van der Waals surface area contributed by atoms with Gasteiger partial charge in [-0.15, -0.1) is 0 Å². The Bertz CT molecular complexity index is 173. The summed E-state index contributed by atoms with van der Waals surface area (Å²) in [6.45, 7) is 8.34. The third kappa shape index (κ3) is 5.28. The zero-order valence-corrected chi connectivity index (χ0v) is 10.9. The van der Waals surface area contributed by atoms with Crippen LogP contribution < -0.4 is 5.32 Å². The molecule has 0 amide bonds. The van der Waals surface area contributed by atoms with Crippen LogP contribution >= 0.6 is 0 Å². The molecule has 1 aliphatic rings. The van der Waals surface area contributed by atoms with Gasteiger partial charge in [0.25, 0.3) is 0 Å². The lowest BCUT2D eigenvalue weighted by atomic mass is 10.1. The van der Waals surface area contributed by atoms with Crippen molar-refractivity contribution in [2.24, 2.45) is 0 Å². The minimum absolute atomic E-state index is 0.346. The highest BCUT2D eigenvalue weighted by Gasteiger charge is 2.22. The first-order chi connectivity index (χ1) is 7.74. The summed E-state index contributed by atoms with van der Waals surface area (Å²) in [4.78, 5) is 2.61. The van der Waals surface area contributed by atoms with Gasteiger partial charge in [-0.3, -0.25) is 0 Å². The van der Waals surface area contributed by atoms with E-state index in [0.717, 1.165) is 19.0 Å². The molecule has 0 bridgehead atoms. The summed E-state index contributed by atoms with van der Waals surface area (Å²) in [5, 5.41) is 12.3. The van der Waals surface area contributed by atoms with Crippen LogP contribution in [0.5, 0.6) is 0 Å². The highest BCUT2D eigenvalue weighted by molar-refractivity contribution is 4.79. The van der Waals surface area contributed by atoms with E-state index in [1.165, 1.54) is 38.8 Å². The third-order valence-electron chi connectivity index (χ3n) is 3.37. The van der Waals surface area contributed by atoms with Gasteiger partial charge in [-0.2, -0.15) is 0 Å². The number of rotatable bonds is 8. The molecule has 0 radical (unpaired) electrons. The largest absolute Gasteiger partial charge is 0.396 e. The van der Waals surface area contributed by atoms with E-state index < -0.39 is 0 Å². The predicted molar refractivity (Wildman–Crippen MR) is 68.7 cm³/mol. The maximum Gasteiger partial charge on any atom is 0.0431 e. The molecule has 1 unspecified atom stereocenters. The van der Waals surface area contributed by atoms with Crippen LogP contribution in [-0.2, 0) is 0 Å². The van der Waals surface area contributed by atoms with Crippen molar-refractivity contribution in [1.82, 2.24) is 10.2 Å². The number of hydrogen-bond donors (Lipinski definition) is 2. The molecular weight excluding hydrogens is 200 g/mol. The highest BCUT2D eigenvalue weighted by atomic mass is 16.2. The van der Waals surface area contributed by atoms with E-state index in [0.29, 0.717) is 12.6 Å². The van der Waals surface area contributed by atoms with Gasteiger partial charge >= 0.3 is 0 Å². The molecule has 0 aromatic rings. The van der Waals surface area contributed by atoms with Crippen LogP contribution in [0.25, 0.3) is 0 Å².